The summed E-state index contributed by atoms with van der Waals surface area (Å²) >= 11 is 0. The lowest BCUT2D eigenvalue weighted by Gasteiger charge is -2.22. The number of aliphatic hydroxyl groups is 2. The molecule has 0 fully saturated rings. The molecule has 0 aliphatic heterocycles. The van der Waals surface area contributed by atoms with E-state index >= 15 is 0 Å². The number of aliphatic carboxylic acids is 1. The highest BCUT2D eigenvalue weighted by molar-refractivity contribution is 5.76. The maximum atomic E-state index is 11.4. The number of carbonyl (C=O) groups is 2. The largest absolute Gasteiger partial charge is 0.481 e. The Morgan fingerprint density at radius 1 is 1.12 bits per heavy atom. The number of hydrogen-bond donors (Lipinski definition) is 3. The van der Waals surface area contributed by atoms with Crippen LogP contribution >= 0.6 is 0 Å². The van der Waals surface area contributed by atoms with E-state index in [4.69, 9.17) is 20.1 Å². The van der Waals surface area contributed by atoms with Crippen molar-refractivity contribution in [2.24, 2.45) is 5.41 Å². The molecule has 0 aromatic heterocycles. The summed E-state index contributed by atoms with van der Waals surface area (Å²) in [5, 5.41) is 26.3. The van der Waals surface area contributed by atoms with Gasteiger partial charge in [-0.05, 0) is 26.2 Å². The summed E-state index contributed by atoms with van der Waals surface area (Å²) < 4.78 is 4.89. The molecule has 3 N–H and O–H groups in total. The zero-order valence-electron chi connectivity index (χ0n) is 10.0. The van der Waals surface area contributed by atoms with Crippen molar-refractivity contribution in [2.45, 2.75) is 32.6 Å². The summed E-state index contributed by atoms with van der Waals surface area (Å²) in [5.74, 6) is -1.48. The minimum atomic E-state index is -1.26. The molecular formula is C11H20O6. The number of esters is 1. The SMILES string of the molecule is CC(CO)(CO)C(=O)OCCCCCC(=O)O. The van der Waals surface area contributed by atoms with E-state index in [0.29, 0.717) is 19.3 Å². The fourth-order valence-electron chi connectivity index (χ4n) is 1.07. The Labute approximate surface area is 100 Å². The fourth-order valence-corrected chi connectivity index (χ4v) is 1.07. The summed E-state index contributed by atoms with van der Waals surface area (Å²) in [5.41, 5.74) is -1.26. The Balaban J connectivity index is 3.68. The van der Waals surface area contributed by atoms with Crippen molar-refractivity contribution in [1.29, 1.82) is 0 Å². The van der Waals surface area contributed by atoms with Crippen LogP contribution in [0, 0.1) is 5.41 Å². The first-order valence-corrected chi connectivity index (χ1v) is 5.57. The van der Waals surface area contributed by atoms with E-state index in [1.54, 1.807) is 0 Å². The van der Waals surface area contributed by atoms with Crippen LogP contribution in [0.5, 0.6) is 0 Å². The summed E-state index contributed by atoms with van der Waals surface area (Å²) in [7, 11) is 0. The van der Waals surface area contributed by atoms with Gasteiger partial charge in [-0.3, -0.25) is 9.59 Å². The Kier molecular flexibility index (Phi) is 7.49. The third-order valence-corrected chi connectivity index (χ3v) is 2.46. The molecule has 0 aromatic rings. The second-order valence-electron chi connectivity index (χ2n) is 4.22. The quantitative estimate of drug-likeness (QED) is 0.397. The Morgan fingerprint density at radius 3 is 2.18 bits per heavy atom. The lowest BCUT2D eigenvalue weighted by atomic mass is 9.93. The molecule has 0 saturated heterocycles. The van der Waals surface area contributed by atoms with Crippen LogP contribution in [-0.2, 0) is 14.3 Å². The van der Waals surface area contributed by atoms with Crippen LogP contribution in [0.4, 0.5) is 0 Å². The molecule has 0 radical (unpaired) electrons. The van der Waals surface area contributed by atoms with Crippen LogP contribution in [0.2, 0.25) is 0 Å². The molecule has 0 aromatic carbocycles. The number of unbranched alkanes of at least 4 members (excludes halogenated alkanes) is 2. The number of ether oxygens (including phenoxy) is 1. The standard InChI is InChI=1S/C11H20O6/c1-11(7-12,8-13)10(16)17-6-4-2-3-5-9(14)15/h12-13H,2-8H2,1H3,(H,14,15). The molecule has 0 saturated carbocycles. The third kappa shape index (κ3) is 6.23. The van der Waals surface area contributed by atoms with Gasteiger partial charge in [-0.1, -0.05) is 0 Å². The molecule has 0 unspecified atom stereocenters. The minimum absolute atomic E-state index is 0.110. The normalized spacial score (nSPS) is 11.2. The molecule has 6 nitrogen and oxygen atoms in total. The summed E-state index contributed by atoms with van der Waals surface area (Å²) in [4.78, 5) is 21.6. The van der Waals surface area contributed by atoms with Gasteiger partial charge in [0.15, 0.2) is 0 Å². The van der Waals surface area contributed by atoms with Gasteiger partial charge in [-0.25, -0.2) is 0 Å². The highest BCUT2D eigenvalue weighted by atomic mass is 16.5. The van der Waals surface area contributed by atoms with Crippen LogP contribution in [0.15, 0.2) is 0 Å². The first kappa shape index (κ1) is 15.9. The van der Waals surface area contributed by atoms with Gasteiger partial charge in [0.1, 0.15) is 5.41 Å². The van der Waals surface area contributed by atoms with Gasteiger partial charge in [0, 0.05) is 6.42 Å². The molecule has 0 amide bonds. The van der Waals surface area contributed by atoms with Crippen molar-refractivity contribution in [3.8, 4) is 0 Å². The molecule has 100 valence electrons. The van der Waals surface area contributed by atoms with Gasteiger partial charge in [0.2, 0.25) is 0 Å². The van der Waals surface area contributed by atoms with E-state index in [9.17, 15) is 9.59 Å². The average molecular weight is 248 g/mol. The Morgan fingerprint density at radius 2 is 1.71 bits per heavy atom. The van der Waals surface area contributed by atoms with Crippen LogP contribution in [0.25, 0.3) is 0 Å². The molecule has 0 rings (SSSR count). The van der Waals surface area contributed by atoms with Gasteiger partial charge in [-0.15, -0.1) is 0 Å². The number of carboxylic acids is 1. The first-order chi connectivity index (χ1) is 7.96. The van der Waals surface area contributed by atoms with E-state index in [1.807, 2.05) is 0 Å². The molecule has 0 atom stereocenters. The average Bonchev–Trinajstić information content (AvgIpc) is 2.31. The van der Waals surface area contributed by atoms with Crippen LogP contribution in [0.3, 0.4) is 0 Å². The fraction of sp³-hybridized carbons (Fsp3) is 0.818. The number of aliphatic hydroxyl groups excluding tert-OH is 2. The van der Waals surface area contributed by atoms with E-state index in [1.165, 1.54) is 6.92 Å². The van der Waals surface area contributed by atoms with E-state index in [0.717, 1.165) is 0 Å². The predicted octanol–water partition coefficient (Wildman–Crippen LogP) is 0.165. The highest BCUT2D eigenvalue weighted by Crippen LogP contribution is 2.16. The molecule has 17 heavy (non-hydrogen) atoms. The lowest BCUT2D eigenvalue weighted by molar-refractivity contribution is -0.160. The molecular weight excluding hydrogens is 228 g/mol. The Bertz CT molecular complexity index is 246. The van der Waals surface area contributed by atoms with Gasteiger partial charge >= 0.3 is 11.9 Å². The van der Waals surface area contributed by atoms with Crippen molar-refractivity contribution in [3.63, 3.8) is 0 Å². The molecule has 0 aliphatic rings. The Hall–Kier alpha value is -1.14. The predicted molar refractivity (Wildman–Crippen MR) is 59.3 cm³/mol. The monoisotopic (exact) mass is 248 g/mol. The second kappa shape index (κ2) is 8.03. The van der Waals surface area contributed by atoms with Crippen molar-refractivity contribution in [1.82, 2.24) is 0 Å². The number of rotatable bonds is 9. The maximum absolute atomic E-state index is 11.4. The highest BCUT2D eigenvalue weighted by Gasteiger charge is 2.33. The van der Waals surface area contributed by atoms with Gasteiger partial charge in [-0.2, -0.15) is 0 Å². The number of carboxylic acid groups (broad SMARTS) is 1. The molecule has 0 aliphatic carbocycles. The van der Waals surface area contributed by atoms with Gasteiger partial charge in [0.25, 0.3) is 0 Å². The second-order valence-corrected chi connectivity index (χ2v) is 4.22. The van der Waals surface area contributed by atoms with Gasteiger partial charge < -0.3 is 20.1 Å². The molecule has 0 heterocycles. The topological polar surface area (TPSA) is 104 Å². The van der Waals surface area contributed by atoms with E-state index in [-0.39, 0.29) is 13.0 Å². The van der Waals surface area contributed by atoms with Crippen LogP contribution in [-0.4, -0.2) is 47.1 Å². The van der Waals surface area contributed by atoms with Crippen LogP contribution in [0.1, 0.15) is 32.6 Å². The van der Waals surface area contributed by atoms with Crippen molar-refractivity contribution in [3.05, 3.63) is 0 Å². The van der Waals surface area contributed by atoms with E-state index in [2.05, 4.69) is 0 Å². The number of carbonyl (C=O) groups excluding carboxylic acids is 1. The van der Waals surface area contributed by atoms with Crippen molar-refractivity contribution >= 4 is 11.9 Å². The van der Waals surface area contributed by atoms with Gasteiger partial charge in [0.05, 0.1) is 19.8 Å². The van der Waals surface area contributed by atoms with Crippen LogP contribution < -0.4 is 0 Å². The number of hydrogen-bond acceptors (Lipinski definition) is 5. The maximum Gasteiger partial charge on any atom is 0.316 e. The molecule has 6 heteroatoms. The van der Waals surface area contributed by atoms with Crippen molar-refractivity contribution in [2.75, 3.05) is 19.8 Å². The third-order valence-electron chi connectivity index (χ3n) is 2.46. The van der Waals surface area contributed by atoms with Crippen molar-refractivity contribution < 1.29 is 29.6 Å². The van der Waals surface area contributed by atoms with E-state index < -0.39 is 30.6 Å². The summed E-state index contributed by atoms with van der Waals surface area (Å²) in [6.07, 6.45) is 1.89. The first-order valence-electron chi connectivity index (χ1n) is 5.57. The summed E-state index contributed by atoms with van der Waals surface area (Å²) in [6, 6.07) is 0. The summed E-state index contributed by atoms with van der Waals surface area (Å²) in [6.45, 7) is 0.649. The minimum Gasteiger partial charge on any atom is -0.481 e. The molecule has 0 spiro atoms. The smallest absolute Gasteiger partial charge is 0.316 e. The lowest BCUT2D eigenvalue weighted by Crippen LogP contribution is -2.37. The molecule has 0 bridgehead atoms. The zero-order chi connectivity index (χ0) is 13.3. The zero-order valence-corrected chi connectivity index (χ0v) is 10.0.